The molecule has 0 fully saturated rings. The summed E-state index contributed by atoms with van der Waals surface area (Å²) in [5.74, 6) is -0.637. The van der Waals surface area contributed by atoms with Crippen molar-refractivity contribution in [3.05, 3.63) is 33.8 Å². The van der Waals surface area contributed by atoms with Gasteiger partial charge in [0.15, 0.2) is 9.84 Å². The van der Waals surface area contributed by atoms with Crippen LogP contribution in [0.3, 0.4) is 0 Å². The van der Waals surface area contributed by atoms with Gasteiger partial charge in [-0.25, -0.2) is 8.42 Å². The maximum Gasteiger partial charge on any atom is 0.239 e. The van der Waals surface area contributed by atoms with Crippen molar-refractivity contribution in [3.8, 4) is 0 Å². The van der Waals surface area contributed by atoms with Crippen LogP contribution in [0, 0.1) is 0 Å². The van der Waals surface area contributed by atoms with Crippen LogP contribution in [-0.4, -0.2) is 22.1 Å². The first-order chi connectivity index (χ1) is 7.57. The highest BCUT2D eigenvalue weighted by atomic mass is 127. The molecule has 0 saturated carbocycles. The molecule has 0 aliphatic rings. The van der Waals surface area contributed by atoms with Crippen LogP contribution in [0.4, 0.5) is 0 Å². The molecule has 1 aromatic carbocycles. The molecule has 0 radical (unpaired) electrons. The fraction of sp³-hybridized carbons (Fsp3) is 0.222. The van der Waals surface area contributed by atoms with Gasteiger partial charge in [0.1, 0.15) is 0 Å². The Labute approximate surface area is 131 Å². The minimum Gasteiger partial charge on any atom is -0.290 e. The van der Waals surface area contributed by atoms with E-state index in [1.165, 1.54) is 40.8 Å². The van der Waals surface area contributed by atoms with Crippen LogP contribution < -0.4 is 0 Å². The van der Waals surface area contributed by atoms with Crippen LogP contribution in [0.5, 0.6) is 0 Å². The summed E-state index contributed by atoms with van der Waals surface area (Å²) in [5, 5.41) is 0.492. The van der Waals surface area contributed by atoms with Gasteiger partial charge in [0.05, 0.1) is 5.02 Å². The number of carbonyl (C=O) groups is 1. The minimum absolute atomic E-state index is 0.104. The Hall–Kier alpha value is 0.630. The third-order valence-corrected chi connectivity index (χ3v) is 8.58. The third kappa shape index (κ3) is 3.34. The first kappa shape index (κ1) is 15.7. The van der Waals surface area contributed by atoms with Gasteiger partial charge in [-0.2, -0.15) is 0 Å². The molecule has 94 valence electrons. The molecule has 0 aliphatic carbocycles. The van der Waals surface area contributed by atoms with E-state index in [-0.39, 0.29) is 10.6 Å². The van der Waals surface area contributed by atoms with Gasteiger partial charge < -0.3 is 0 Å². The maximum atomic E-state index is 12.1. The van der Waals surface area contributed by atoms with E-state index in [0.717, 1.165) is 6.26 Å². The molecule has 17 heavy (non-hydrogen) atoms. The Bertz CT molecular complexity index is 572. The summed E-state index contributed by atoms with van der Waals surface area (Å²) in [6.45, 7) is 0. The molecule has 0 N–H and O–H groups in total. The highest BCUT2D eigenvalue weighted by Crippen LogP contribution is 2.38. The molecule has 0 aromatic heterocycles. The first-order valence-corrected chi connectivity index (χ1v) is 8.66. The van der Waals surface area contributed by atoms with E-state index in [4.69, 9.17) is 23.2 Å². The SMILES string of the molecule is CS(=O)(=O)C(Br)(I)C(=O)c1ccc(Cl)cc1Cl. The van der Waals surface area contributed by atoms with E-state index >= 15 is 0 Å². The van der Waals surface area contributed by atoms with Crippen molar-refractivity contribution in [1.82, 2.24) is 0 Å². The lowest BCUT2D eigenvalue weighted by atomic mass is 10.1. The first-order valence-electron chi connectivity index (χ1n) is 4.14. The van der Waals surface area contributed by atoms with E-state index in [1.54, 1.807) is 0 Å². The number of hydrogen-bond donors (Lipinski definition) is 0. The number of rotatable bonds is 3. The van der Waals surface area contributed by atoms with E-state index in [9.17, 15) is 13.2 Å². The van der Waals surface area contributed by atoms with Gasteiger partial charge in [0.25, 0.3) is 0 Å². The predicted octanol–water partition coefficient (Wildman–Crippen LogP) is 3.70. The van der Waals surface area contributed by atoms with Gasteiger partial charge in [-0.15, -0.1) is 0 Å². The number of benzene rings is 1. The van der Waals surface area contributed by atoms with Gasteiger partial charge in [-0.05, 0) is 56.7 Å². The zero-order valence-corrected chi connectivity index (χ0v) is 14.4. The number of Topliss-reactive ketones (excluding diaryl/α,β-unsaturated/α-hetero) is 1. The largest absolute Gasteiger partial charge is 0.290 e. The molecule has 3 nitrogen and oxygen atoms in total. The lowest BCUT2D eigenvalue weighted by molar-refractivity contribution is 0.101. The molecule has 0 spiro atoms. The minimum atomic E-state index is -3.61. The van der Waals surface area contributed by atoms with Crippen LogP contribution in [0.15, 0.2) is 18.2 Å². The second kappa shape index (κ2) is 5.32. The normalized spacial score (nSPS) is 15.4. The van der Waals surface area contributed by atoms with Crippen molar-refractivity contribution in [3.63, 3.8) is 0 Å². The van der Waals surface area contributed by atoms with Gasteiger partial charge in [0.2, 0.25) is 7.45 Å². The zero-order chi connectivity index (χ0) is 13.4. The number of ketones is 1. The molecule has 0 amide bonds. The molecule has 1 aromatic rings. The van der Waals surface area contributed by atoms with E-state index in [1.807, 2.05) is 0 Å². The van der Waals surface area contributed by atoms with Gasteiger partial charge in [0, 0.05) is 16.8 Å². The number of hydrogen-bond acceptors (Lipinski definition) is 3. The summed E-state index contributed by atoms with van der Waals surface area (Å²) in [6.07, 6.45) is 0.968. The standard InChI is InChI=1S/C9H6BrCl2IO3S/c1-17(15,16)9(10,13)8(14)6-3-2-5(11)4-7(6)12/h2-4H,1H3. The zero-order valence-electron chi connectivity index (χ0n) is 8.38. The van der Waals surface area contributed by atoms with Crippen LogP contribution >= 0.6 is 61.7 Å². The van der Waals surface area contributed by atoms with Crippen LogP contribution in [0.1, 0.15) is 10.4 Å². The molecule has 0 saturated heterocycles. The van der Waals surface area contributed by atoms with E-state index in [0.29, 0.717) is 5.02 Å². The number of alkyl halides is 2. The van der Waals surface area contributed by atoms with Crippen molar-refractivity contribution >= 4 is 77.3 Å². The summed E-state index contributed by atoms with van der Waals surface area (Å²) in [7, 11) is -3.61. The van der Waals surface area contributed by atoms with Crippen molar-refractivity contribution in [2.24, 2.45) is 0 Å². The van der Waals surface area contributed by atoms with Crippen molar-refractivity contribution in [2.45, 2.75) is 1.66 Å². The molecular formula is C9H6BrCl2IO3S. The molecular weight excluding hydrogens is 466 g/mol. The Balaban J connectivity index is 3.32. The highest BCUT2D eigenvalue weighted by Gasteiger charge is 2.44. The second-order valence-corrected chi connectivity index (χ2v) is 11.8. The molecule has 1 atom stereocenters. The molecule has 8 heteroatoms. The van der Waals surface area contributed by atoms with Gasteiger partial charge in [-0.1, -0.05) is 23.2 Å². The summed E-state index contributed by atoms with van der Waals surface area (Å²) >= 11 is 16.0. The Kier molecular flexibility index (Phi) is 4.91. The topological polar surface area (TPSA) is 51.2 Å². The van der Waals surface area contributed by atoms with Crippen LogP contribution in [0.2, 0.25) is 10.0 Å². The summed E-state index contributed by atoms with van der Waals surface area (Å²) in [6, 6.07) is 4.26. The van der Waals surface area contributed by atoms with Crippen molar-refractivity contribution in [2.75, 3.05) is 6.26 Å². The smallest absolute Gasteiger partial charge is 0.239 e. The van der Waals surface area contributed by atoms with Crippen LogP contribution in [0.25, 0.3) is 0 Å². The maximum absolute atomic E-state index is 12.1. The van der Waals surface area contributed by atoms with Crippen molar-refractivity contribution in [1.29, 1.82) is 0 Å². The number of sulfone groups is 1. The lowest BCUT2D eigenvalue weighted by Crippen LogP contribution is -2.33. The molecule has 0 bridgehead atoms. The fourth-order valence-electron chi connectivity index (χ4n) is 0.999. The fourth-order valence-corrected chi connectivity index (χ4v) is 2.44. The lowest BCUT2D eigenvalue weighted by Gasteiger charge is -2.17. The van der Waals surface area contributed by atoms with Gasteiger partial charge in [-0.3, -0.25) is 4.79 Å². The second-order valence-electron chi connectivity index (χ2n) is 3.24. The summed E-state index contributed by atoms with van der Waals surface area (Å²) in [4.78, 5) is 12.1. The van der Waals surface area contributed by atoms with E-state index in [2.05, 4.69) is 15.9 Å². The quantitative estimate of drug-likeness (QED) is 0.384. The Morgan fingerprint density at radius 2 is 1.94 bits per heavy atom. The monoisotopic (exact) mass is 470 g/mol. The van der Waals surface area contributed by atoms with Crippen molar-refractivity contribution < 1.29 is 13.2 Å². The van der Waals surface area contributed by atoms with Gasteiger partial charge >= 0.3 is 0 Å². The summed E-state index contributed by atoms with van der Waals surface area (Å²) < 4.78 is 21.3. The Morgan fingerprint density at radius 1 is 1.41 bits per heavy atom. The summed E-state index contributed by atoms with van der Waals surface area (Å²) in [5.41, 5.74) is 0.104. The number of carbonyl (C=O) groups excluding carboxylic acids is 1. The van der Waals surface area contributed by atoms with E-state index < -0.39 is 17.3 Å². The Morgan fingerprint density at radius 3 is 2.35 bits per heavy atom. The molecule has 0 aliphatic heterocycles. The molecule has 0 heterocycles. The third-order valence-electron chi connectivity index (χ3n) is 1.91. The average molecular weight is 472 g/mol. The molecule has 1 rings (SSSR count). The number of halogens is 4. The predicted molar refractivity (Wildman–Crippen MR) is 81.3 cm³/mol. The molecule has 1 unspecified atom stereocenters. The van der Waals surface area contributed by atoms with Crippen LogP contribution in [-0.2, 0) is 9.84 Å². The highest BCUT2D eigenvalue weighted by molar-refractivity contribution is 14.1. The average Bonchev–Trinajstić information content (AvgIpc) is 2.14.